The van der Waals surface area contributed by atoms with Gasteiger partial charge in [0.15, 0.2) is 0 Å². The van der Waals surface area contributed by atoms with E-state index in [-0.39, 0.29) is 6.54 Å². The molecule has 0 amide bonds. The van der Waals surface area contributed by atoms with Crippen LogP contribution in [0.5, 0.6) is 0 Å². The summed E-state index contributed by atoms with van der Waals surface area (Å²) in [6.45, 7) is 2.00. The molecule has 0 aliphatic heterocycles. The molecule has 0 bridgehead atoms. The summed E-state index contributed by atoms with van der Waals surface area (Å²) in [7, 11) is 0. The van der Waals surface area contributed by atoms with Crippen LogP contribution in [0.1, 0.15) is 13.3 Å². The largest absolute Gasteiger partial charge is 0.392 e. The SMILES string of the molecule is CCC(O)C[NH]. The topological polar surface area (TPSA) is 44.0 Å². The molecule has 0 aromatic heterocycles. The van der Waals surface area contributed by atoms with Crippen molar-refractivity contribution in [3.05, 3.63) is 0 Å². The predicted molar refractivity (Wildman–Crippen MR) is 24.3 cm³/mol. The second-order valence-corrected chi connectivity index (χ2v) is 1.27. The molecule has 2 N–H and O–H groups in total. The molecule has 6 heavy (non-hydrogen) atoms. The van der Waals surface area contributed by atoms with Gasteiger partial charge in [0.25, 0.3) is 0 Å². The first-order valence-electron chi connectivity index (χ1n) is 2.14. The second-order valence-electron chi connectivity index (χ2n) is 1.27. The smallest absolute Gasteiger partial charge is 0.0675 e. The van der Waals surface area contributed by atoms with Gasteiger partial charge in [-0.25, -0.2) is 0 Å². The summed E-state index contributed by atoms with van der Waals surface area (Å²) in [5.41, 5.74) is 6.56. The maximum absolute atomic E-state index is 8.48. The summed E-state index contributed by atoms with van der Waals surface area (Å²) >= 11 is 0. The Morgan fingerprint density at radius 1 is 1.83 bits per heavy atom. The van der Waals surface area contributed by atoms with Crippen LogP contribution in [-0.2, 0) is 0 Å². The Labute approximate surface area is 38.0 Å². The van der Waals surface area contributed by atoms with E-state index in [4.69, 9.17) is 10.8 Å². The molecule has 0 rings (SSSR count). The van der Waals surface area contributed by atoms with Crippen LogP contribution < -0.4 is 5.73 Å². The van der Waals surface area contributed by atoms with E-state index < -0.39 is 6.10 Å². The Bertz CT molecular complexity index is 26.7. The molecule has 0 saturated heterocycles. The molecule has 0 spiro atoms. The van der Waals surface area contributed by atoms with Gasteiger partial charge < -0.3 is 5.11 Å². The van der Waals surface area contributed by atoms with Gasteiger partial charge in [-0.1, -0.05) is 6.92 Å². The number of aliphatic hydroxyl groups is 1. The van der Waals surface area contributed by atoms with Crippen molar-refractivity contribution < 1.29 is 5.11 Å². The van der Waals surface area contributed by atoms with Gasteiger partial charge in [-0.05, 0) is 6.42 Å². The normalized spacial score (nSPS) is 14.5. The molecule has 0 saturated carbocycles. The first kappa shape index (κ1) is 5.92. The molecule has 2 nitrogen and oxygen atoms in total. The van der Waals surface area contributed by atoms with Gasteiger partial charge in [0.1, 0.15) is 0 Å². The van der Waals surface area contributed by atoms with Crippen LogP contribution in [0.25, 0.3) is 0 Å². The van der Waals surface area contributed by atoms with Gasteiger partial charge >= 0.3 is 0 Å². The van der Waals surface area contributed by atoms with E-state index in [1.807, 2.05) is 6.92 Å². The molecule has 1 atom stereocenters. The van der Waals surface area contributed by atoms with Gasteiger partial charge in [-0.2, -0.15) is 0 Å². The third kappa shape index (κ3) is 2.18. The Morgan fingerprint density at radius 2 is 2.33 bits per heavy atom. The van der Waals surface area contributed by atoms with E-state index in [9.17, 15) is 0 Å². The molecule has 0 aromatic rings. The van der Waals surface area contributed by atoms with E-state index in [1.165, 1.54) is 0 Å². The van der Waals surface area contributed by atoms with Crippen LogP contribution in [0.15, 0.2) is 0 Å². The van der Waals surface area contributed by atoms with Crippen LogP contribution in [0.2, 0.25) is 0 Å². The minimum Gasteiger partial charge on any atom is -0.392 e. The van der Waals surface area contributed by atoms with Crippen molar-refractivity contribution in [3.63, 3.8) is 0 Å². The number of aliphatic hydroxyl groups excluding tert-OH is 1. The fraction of sp³-hybridized carbons (Fsp3) is 1.00. The monoisotopic (exact) mass is 88.1 g/mol. The first-order chi connectivity index (χ1) is 2.81. The Morgan fingerprint density at radius 3 is 2.33 bits per heavy atom. The molecule has 0 aliphatic rings. The minimum atomic E-state index is -0.398. The van der Waals surface area contributed by atoms with Crippen molar-refractivity contribution in [2.75, 3.05) is 6.54 Å². The lowest BCUT2D eigenvalue weighted by Gasteiger charge is -1.97. The van der Waals surface area contributed by atoms with E-state index in [0.717, 1.165) is 0 Å². The van der Waals surface area contributed by atoms with Gasteiger partial charge in [-0.15, -0.1) is 0 Å². The lowest BCUT2D eigenvalue weighted by molar-refractivity contribution is 0.177. The van der Waals surface area contributed by atoms with E-state index in [1.54, 1.807) is 0 Å². The molecular formula is C4H10NO. The molecule has 0 fully saturated rings. The Kier molecular flexibility index (Phi) is 3.08. The van der Waals surface area contributed by atoms with Crippen molar-refractivity contribution in [1.82, 2.24) is 5.73 Å². The highest BCUT2D eigenvalue weighted by molar-refractivity contribution is 4.47. The minimum absolute atomic E-state index is 0.135. The highest BCUT2D eigenvalue weighted by Crippen LogP contribution is 1.82. The van der Waals surface area contributed by atoms with Crippen molar-refractivity contribution >= 4 is 0 Å². The van der Waals surface area contributed by atoms with Crippen molar-refractivity contribution in [2.24, 2.45) is 0 Å². The van der Waals surface area contributed by atoms with Gasteiger partial charge in [0.2, 0.25) is 0 Å². The van der Waals surface area contributed by atoms with Gasteiger partial charge in [0.05, 0.1) is 6.10 Å². The van der Waals surface area contributed by atoms with Gasteiger partial charge in [-0.3, -0.25) is 5.73 Å². The number of hydrogen-bond donors (Lipinski definition) is 1. The molecule has 1 radical (unpaired) electrons. The maximum atomic E-state index is 8.48. The lowest BCUT2D eigenvalue weighted by atomic mass is 10.3. The molecule has 0 heterocycles. The molecule has 0 aliphatic carbocycles. The quantitative estimate of drug-likeness (QED) is 0.509. The summed E-state index contributed by atoms with van der Waals surface area (Å²) in [5, 5.41) is 8.48. The predicted octanol–water partition coefficient (Wildman–Crippen LogP) is 0.0402. The van der Waals surface area contributed by atoms with E-state index in [0.29, 0.717) is 6.42 Å². The van der Waals surface area contributed by atoms with Crippen LogP contribution >= 0.6 is 0 Å². The summed E-state index contributed by atoms with van der Waals surface area (Å²) < 4.78 is 0. The van der Waals surface area contributed by atoms with Crippen LogP contribution in [0.3, 0.4) is 0 Å². The fourth-order valence-electron chi connectivity index (χ4n) is 0.144. The maximum Gasteiger partial charge on any atom is 0.0675 e. The fourth-order valence-corrected chi connectivity index (χ4v) is 0.144. The van der Waals surface area contributed by atoms with Crippen LogP contribution in [0, 0.1) is 0 Å². The average Bonchev–Trinajstić information content (AvgIpc) is 1.65. The number of hydrogen-bond acceptors (Lipinski definition) is 1. The third-order valence-electron chi connectivity index (χ3n) is 0.707. The number of rotatable bonds is 2. The summed E-state index contributed by atoms with van der Waals surface area (Å²) in [6.07, 6.45) is 0.300. The van der Waals surface area contributed by atoms with Crippen LogP contribution in [0.4, 0.5) is 0 Å². The zero-order valence-corrected chi connectivity index (χ0v) is 3.94. The Balaban J connectivity index is 2.75. The lowest BCUT2D eigenvalue weighted by Crippen LogP contribution is -2.10. The summed E-state index contributed by atoms with van der Waals surface area (Å²) in [4.78, 5) is 0. The van der Waals surface area contributed by atoms with E-state index >= 15 is 0 Å². The second kappa shape index (κ2) is 3.12. The van der Waals surface area contributed by atoms with Gasteiger partial charge in [0, 0.05) is 6.54 Å². The summed E-state index contributed by atoms with van der Waals surface area (Å²) in [6, 6.07) is 0. The van der Waals surface area contributed by atoms with Crippen molar-refractivity contribution in [3.8, 4) is 0 Å². The molecular weight excluding hydrogens is 78.1 g/mol. The molecule has 37 valence electrons. The standard InChI is InChI=1S/C4H10NO/c1-2-4(6)3-5/h4-6H,2-3H2,1H3. The molecule has 2 heteroatoms. The zero-order chi connectivity index (χ0) is 4.99. The van der Waals surface area contributed by atoms with Crippen molar-refractivity contribution in [2.45, 2.75) is 19.4 Å². The highest BCUT2D eigenvalue weighted by atomic mass is 16.3. The molecule has 0 aromatic carbocycles. The average molecular weight is 88.1 g/mol. The van der Waals surface area contributed by atoms with Crippen molar-refractivity contribution in [1.29, 1.82) is 0 Å². The first-order valence-corrected chi connectivity index (χ1v) is 2.14. The third-order valence-corrected chi connectivity index (χ3v) is 0.707. The summed E-state index contributed by atoms with van der Waals surface area (Å²) in [5.74, 6) is 0. The zero-order valence-electron chi connectivity index (χ0n) is 3.94. The molecule has 1 unspecified atom stereocenters. The highest BCUT2D eigenvalue weighted by Gasteiger charge is 1.91. The van der Waals surface area contributed by atoms with E-state index in [2.05, 4.69) is 0 Å². The number of nitrogens with one attached hydrogen (secondary N) is 1. The Hall–Kier alpha value is -0.0800. The van der Waals surface area contributed by atoms with Crippen LogP contribution in [-0.4, -0.2) is 17.8 Å².